The van der Waals surface area contributed by atoms with Gasteiger partial charge in [0.1, 0.15) is 0 Å². The van der Waals surface area contributed by atoms with Crippen LogP contribution in [0.1, 0.15) is 26.9 Å². The second-order valence-electron chi connectivity index (χ2n) is 4.57. The zero-order valence-corrected chi connectivity index (χ0v) is 13.8. The quantitative estimate of drug-likeness (QED) is 0.773. The summed E-state index contributed by atoms with van der Waals surface area (Å²) in [7, 11) is 0. The van der Waals surface area contributed by atoms with Crippen LogP contribution in [0.3, 0.4) is 0 Å². The molecule has 108 valence electrons. The molecule has 3 rings (SSSR count). The Morgan fingerprint density at radius 1 is 1.38 bits per heavy atom. The van der Waals surface area contributed by atoms with E-state index >= 15 is 0 Å². The summed E-state index contributed by atoms with van der Waals surface area (Å²) in [6, 6.07) is 5.80. The maximum atomic E-state index is 12.1. The second kappa shape index (κ2) is 5.53. The van der Waals surface area contributed by atoms with E-state index in [2.05, 4.69) is 36.3 Å². The van der Waals surface area contributed by atoms with Crippen LogP contribution in [0.15, 0.2) is 22.0 Å². The predicted molar refractivity (Wildman–Crippen MR) is 83.4 cm³/mol. The molecular formula is C13H12BrN5OS. The van der Waals surface area contributed by atoms with Gasteiger partial charge in [0.15, 0.2) is 0 Å². The van der Waals surface area contributed by atoms with Gasteiger partial charge in [-0.3, -0.25) is 4.79 Å². The summed E-state index contributed by atoms with van der Waals surface area (Å²) in [4.78, 5) is 21.6. The van der Waals surface area contributed by atoms with Gasteiger partial charge in [-0.05, 0) is 48.0 Å². The highest BCUT2D eigenvalue weighted by Crippen LogP contribution is 2.21. The summed E-state index contributed by atoms with van der Waals surface area (Å²) in [5.41, 5.74) is 1.74. The zero-order chi connectivity index (χ0) is 15.0. The van der Waals surface area contributed by atoms with Gasteiger partial charge in [0.05, 0.1) is 10.3 Å². The number of nitrogens with zero attached hydrogens (tertiary/aromatic N) is 4. The van der Waals surface area contributed by atoms with E-state index in [0.29, 0.717) is 12.3 Å². The van der Waals surface area contributed by atoms with Gasteiger partial charge in [-0.2, -0.15) is 4.98 Å². The molecule has 0 aromatic carbocycles. The molecule has 0 aliphatic carbocycles. The topological polar surface area (TPSA) is 72.2 Å². The number of nitrogens with one attached hydrogen (secondary N) is 1. The molecule has 0 bridgehead atoms. The molecule has 8 heteroatoms. The molecule has 0 aliphatic heterocycles. The Morgan fingerprint density at radius 2 is 2.19 bits per heavy atom. The molecule has 0 radical (unpaired) electrons. The molecule has 0 spiro atoms. The van der Waals surface area contributed by atoms with Crippen LogP contribution >= 0.6 is 27.3 Å². The third-order valence-corrected chi connectivity index (χ3v) is 4.50. The molecule has 0 atom stereocenters. The number of rotatable bonds is 3. The molecule has 0 unspecified atom stereocenters. The highest BCUT2D eigenvalue weighted by atomic mass is 79.9. The van der Waals surface area contributed by atoms with Crippen molar-refractivity contribution in [1.29, 1.82) is 0 Å². The summed E-state index contributed by atoms with van der Waals surface area (Å²) >= 11 is 4.97. The fourth-order valence-electron chi connectivity index (χ4n) is 1.96. The van der Waals surface area contributed by atoms with Crippen molar-refractivity contribution < 1.29 is 4.79 Å². The molecule has 3 heterocycles. The van der Waals surface area contributed by atoms with Gasteiger partial charge in [0.2, 0.25) is 5.82 Å². The van der Waals surface area contributed by atoms with Crippen molar-refractivity contribution in [2.24, 2.45) is 0 Å². The maximum Gasteiger partial charge on any atom is 0.291 e. The second-order valence-corrected chi connectivity index (χ2v) is 7.12. The number of hydrogen-bond acceptors (Lipinski definition) is 5. The van der Waals surface area contributed by atoms with Crippen molar-refractivity contribution in [3.05, 3.63) is 44.1 Å². The SMILES string of the molecule is Cc1cc(C)n2nc(C(=O)NCc3ccc(Br)s3)nc2n1. The molecule has 21 heavy (non-hydrogen) atoms. The van der Waals surface area contributed by atoms with E-state index in [-0.39, 0.29) is 11.7 Å². The van der Waals surface area contributed by atoms with E-state index < -0.39 is 0 Å². The van der Waals surface area contributed by atoms with Gasteiger partial charge >= 0.3 is 0 Å². The number of carbonyl (C=O) groups is 1. The Kier molecular flexibility index (Phi) is 3.73. The smallest absolute Gasteiger partial charge is 0.291 e. The van der Waals surface area contributed by atoms with Crippen LogP contribution in [0.5, 0.6) is 0 Å². The van der Waals surface area contributed by atoms with Crippen LogP contribution in [-0.4, -0.2) is 25.5 Å². The summed E-state index contributed by atoms with van der Waals surface area (Å²) in [6.07, 6.45) is 0. The van der Waals surface area contributed by atoms with E-state index in [1.807, 2.05) is 32.0 Å². The van der Waals surface area contributed by atoms with Crippen LogP contribution in [0.2, 0.25) is 0 Å². The molecular weight excluding hydrogens is 354 g/mol. The van der Waals surface area contributed by atoms with Crippen molar-refractivity contribution >= 4 is 39.0 Å². The minimum absolute atomic E-state index is 0.131. The number of aryl methyl sites for hydroxylation is 2. The van der Waals surface area contributed by atoms with E-state index in [9.17, 15) is 4.79 Å². The van der Waals surface area contributed by atoms with E-state index in [0.717, 1.165) is 20.1 Å². The zero-order valence-electron chi connectivity index (χ0n) is 11.4. The maximum absolute atomic E-state index is 12.1. The van der Waals surface area contributed by atoms with Gasteiger partial charge in [-0.25, -0.2) is 9.50 Å². The Bertz CT molecular complexity index is 825. The van der Waals surface area contributed by atoms with Crippen molar-refractivity contribution in [3.63, 3.8) is 0 Å². The first-order chi connectivity index (χ1) is 10.0. The highest BCUT2D eigenvalue weighted by molar-refractivity contribution is 9.11. The van der Waals surface area contributed by atoms with Gasteiger partial charge < -0.3 is 5.32 Å². The van der Waals surface area contributed by atoms with Gasteiger partial charge in [0.25, 0.3) is 11.7 Å². The Morgan fingerprint density at radius 3 is 2.90 bits per heavy atom. The lowest BCUT2D eigenvalue weighted by Crippen LogP contribution is -2.23. The minimum atomic E-state index is -0.304. The number of amides is 1. The predicted octanol–water partition coefficient (Wildman–Crippen LogP) is 2.50. The molecule has 0 aliphatic rings. The summed E-state index contributed by atoms with van der Waals surface area (Å²) in [5.74, 6) is 0.269. The molecule has 0 fully saturated rings. The fourth-order valence-corrected chi connectivity index (χ4v) is 3.38. The highest BCUT2D eigenvalue weighted by Gasteiger charge is 2.14. The first-order valence-corrected chi connectivity index (χ1v) is 7.87. The van der Waals surface area contributed by atoms with Crippen molar-refractivity contribution in [1.82, 2.24) is 24.9 Å². The Hall–Kier alpha value is -1.80. The Labute approximate surface area is 133 Å². The van der Waals surface area contributed by atoms with Crippen LogP contribution in [0.25, 0.3) is 5.78 Å². The van der Waals surface area contributed by atoms with Crippen LogP contribution < -0.4 is 5.32 Å². The number of aromatic nitrogens is 4. The van der Waals surface area contributed by atoms with Gasteiger partial charge in [-0.1, -0.05) is 0 Å². The average molecular weight is 366 g/mol. The first kappa shape index (κ1) is 14.2. The third-order valence-electron chi connectivity index (χ3n) is 2.87. The van der Waals surface area contributed by atoms with Gasteiger partial charge in [-0.15, -0.1) is 16.4 Å². The average Bonchev–Trinajstić information content (AvgIpc) is 3.02. The number of fused-ring (bicyclic) bond motifs is 1. The molecule has 0 saturated heterocycles. The monoisotopic (exact) mass is 365 g/mol. The molecule has 1 amide bonds. The van der Waals surface area contributed by atoms with Gasteiger partial charge in [0, 0.05) is 16.3 Å². The van der Waals surface area contributed by atoms with Crippen molar-refractivity contribution in [2.45, 2.75) is 20.4 Å². The normalized spacial score (nSPS) is 11.0. The molecule has 3 aromatic rings. The van der Waals surface area contributed by atoms with Crippen LogP contribution in [-0.2, 0) is 6.54 Å². The number of carbonyl (C=O) groups excluding carboxylic acids is 1. The fraction of sp³-hybridized carbons (Fsp3) is 0.231. The number of thiophene rings is 1. The summed E-state index contributed by atoms with van der Waals surface area (Å²) in [6.45, 7) is 4.24. The lowest BCUT2D eigenvalue weighted by molar-refractivity contribution is 0.0941. The summed E-state index contributed by atoms with van der Waals surface area (Å²) in [5, 5.41) is 7.00. The van der Waals surface area contributed by atoms with E-state index in [1.165, 1.54) is 0 Å². The van der Waals surface area contributed by atoms with Crippen LogP contribution in [0.4, 0.5) is 0 Å². The minimum Gasteiger partial charge on any atom is -0.344 e. The standard InChI is InChI=1S/C13H12BrN5OS/c1-7-5-8(2)19-13(16-7)17-11(18-19)12(20)15-6-9-3-4-10(14)21-9/h3-5H,6H2,1-2H3,(H,15,20). The third kappa shape index (κ3) is 2.96. The number of halogens is 1. The lowest BCUT2D eigenvalue weighted by atomic mass is 10.4. The molecule has 3 aromatic heterocycles. The van der Waals surface area contributed by atoms with Crippen molar-refractivity contribution in [2.75, 3.05) is 0 Å². The lowest BCUT2D eigenvalue weighted by Gasteiger charge is -1.99. The van der Waals surface area contributed by atoms with E-state index in [4.69, 9.17) is 0 Å². The summed E-state index contributed by atoms with van der Waals surface area (Å²) < 4.78 is 2.61. The molecule has 6 nitrogen and oxygen atoms in total. The number of hydrogen-bond donors (Lipinski definition) is 1. The van der Waals surface area contributed by atoms with E-state index in [1.54, 1.807) is 15.9 Å². The van der Waals surface area contributed by atoms with Crippen molar-refractivity contribution in [3.8, 4) is 0 Å². The first-order valence-electron chi connectivity index (χ1n) is 6.26. The molecule has 1 N–H and O–H groups in total. The van der Waals surface area contributed by atoms with Crippen LogP contribution in [0, 0.1) is 13.8 Å². The molecule has 0 saturated carbocycles. The Balaban J connectivity index is 1.80. The largest absolute Gasteiger partial charge is 0.344 e.